The monoisotopic (exact) mass is 241 g/mol. The van der Waals surface area contributed by atoms with E-state index in [2.05, 4.69) is 20.1 Å². The van der Waals surface area contributed by atoms with Crippen LogP contribution in [0.15, 0.2) is 22.6 Å². The van der Waals surface area contributed by atoms with Gasteiger partial charge in [0.25, 0.3) is 0 Å². The molecule has 2 heterocycles. The van der Waals surface area contributed by atoms with Gasteiger partial charge in [-0.3, -0.25) is 0 Å². The molecule has 0 radical (unpaired) electrons. The van der Waals surface area contributed by atoms with Gasteiger partial charge in [-0.1, -0.05) is 11.6 Å². The van der Waals surface area contributed by atoms with Gasteiger partial charge in [0.05, 0.1) is 0 Å². The first-order chi connectivity index (χ1) is 7.15. The zero-order chi connectivity index (χ0) is 10.8. The quantitative estimate of drug-likeness (QED) is 0.750. The van der Waals surface area contributed by atoms with E-state index < -0.39 is 0 Å². The number of nitrogens with zero attached hydrogens (tertiary/aromatic N) is 5. The Morgan fingerprint density at radius 1 is 1.40 bits per heavy atom. The van der Waals surface area contributed by atoms with Crippen molar-refractivity contribution in [2.75, 3.05) is 0 Å². The van der Waals surface area contributed by atoms with Crippen molar-refractivity contribution in [1.82, 2.24) is 24.7 Å². The zero-order valence-electron chi connectivity index (χ0n) is 8.18. The average molecular weight is 242 g/mol. The molecule has 0 aliphatic rings. The lowest BCUT2D eigenvalue weighted by atomic mass is 10.6. The number of aromatic nitrogens is 5. The van der Waals surface area contributed by atoms with Crippen LogP contribution < -0.4 is 0 Å². The van der Waals surface area contributed by atoms with Crippen LogP contribution in [0.25, 0.3) is 0 Å². The second-order valence-corrected chi connectivity index (χ2v) is 4.22. The summed E-state index contributed by atoms with van der Waals surface area (Å²) in [4.78, 5) is 12.3. The van der Waals surface area contributed by atoms with E-state index in [1.807, 2.05) is 7.05 Å². The second kappa shape index (κ2) is 4.16. The number of halogens is 1. The van der Waals surface area contributed by atoms with Crippen LogP contribution in [0, 0.1) is 6.92 Å². The SMILES string of the molecule is Cc1nc(Cl)cc(Sc2ncnn2C)n1. The summed E-state index contributed by atoms with van der Waals surface area (Å²) in [7, 11) is 1.82. The predicted molar refractivity (Wildman–Crippen MR) is 56.9 cm³/mol. The lowest BCUT2D eigenvalue weighted by molar-refractivity contribution is 0.684. The predicted octanol–water partition coefficient (Wildman–Crippen LogP) is 1.72. The van der Waals surface area contributed by atoms with Crippen molar-refractivity contribution >= 4 is 23.4 Å². The highest BCUT2D eigenvalue weighted by molar-refractivity contribution is 7.99. The highest BCUT2D eigenvalue weighted by atomic mass is 35.5. The minimum Gasteiger partial charge on any atom is -0.244 e. The largest absolute Gasteiger partial charge is 0.244 e. The van der Waals surface area contributed by atoms with Crippen LogP contribution in [0.4, 0.5) is 0 Å². The van der Waals surface area contributed by atoms with Gasteiger partial charge in [-0.25, -0.2) is 19.6 Å². The third-order valence-electron chi connectivity index (χ3n) is 1.65. The Morgan fingerprint density at radius 3 is 2.80 bits per heavy atom. The van der Waals surface area contributed by atoms with Crippen molar-refractivity contribution in [3.63, 3.8) is 0 Å². The highest BCUT2D eigenvalue weighted by Gasteiger charge is 2.06. The van der Waals surface area contributed by atoms with Gasteiger partial charge < -0.3 is 0 Å². The Balaban J connectivity index is 2.28. The van der Waals surface area contributed by atoms with Crippen molar-refractivity contribution in [3.8, 4) is 0 Å². The van der Waals surface area contributed by atoms with Crippen molar-refractivity contribution < 1.29 is 0 Å². The molecule has 2 aromatic heterocycles. The van der Waals surface area contributed by atoms with E-state index in [0.717, 1.165) is 10.2 Å². The molecular formula is C8H8ClN5S. The summed E-state index contributed by atoms with van der Waals surface area (Å²) in [6.45, 7) is 1.80. The first-order valence-electron chi connectivity index (χ1n) is 4.18. The topological polar surface area (TPSA) is 56.5 Å². The molecule has 0 aromatic carbocycles. The zero-order valence-corrected chi connectivity index (χ0v) is 9.75. The summed E-state index contributed by atoms with van der Waals surface area (Å²) < 4.78 is 1.68. The maximum absolute atomic E-state index is 5.82. The van der Waals surface area contributed by atoms with Gasteiger partial charge in [-0.05, 0) is 18.7 Å². The molecule has 0 amide bonds. The molecule has 7 heteroatoms. The van der Waals surface area contributed by atoms with E-state index in [1.54, 1.807) is 17.7 Å². The standard InChI is InChI=1S/C8H8ClN5S/c1-5-12-6(9)3-7(13-5)15-8-10-4-11-14(8)2/h3-4H,1-2H3. The van der Waals surface area contributed by atoms with E-state index >= 15 is 0 Å². The Labute approximate surface area is 95.9 Å². The van der Waals surface area contributed by atoms with Crippen LogP contribution >= 0.6 is 23.4 Å². The Hall–Kier alpha value is -1.14. The molecule has 0 spiro atoms. The number of hydrogen-bond acceptors (Lipinski definition) is 5. The lowest BCUT2D eigenvalue weighted by Gasteiger charge is -2.01. The molecule has 78 valence electrons. The summed E-state index contributed by atoms with van der Waals surface area (Å²) >= 11 is 7.23. The van der Waals surface area contributed by atoms with Gasteiger partial charge in [0, 0.05) is 13.1 Å². The van der Waals surface area contributed by atoms with Gasteiger partial charge >= 0.3 is 0 Å². The maximum atomic E-state index is 5.82. The van der Waals surface area contributed by atoms with Crippen LogP contribution in [0.2, 0.25) is 5.15 Å². The van der Waals surface area contributed by atoms with Crippen LogP contribution in [0.5, 0.6) is 0 Å². The molecule has 0 bridgehead atoms. The molecule has 15 heavy (non-hydrogen) atoms. The number of hydrogen-bond donors (Lipinski definition) is 0. The molecule has 2 aromatic rings. The Kier molecular flexibility index (Phi) is 2.88. The van der Waals surface area contributed by atoms with E-state index in [0.29, 0.717) is 11.0 Å². The number of rotatable bonds is 2. The van der Waals surface area contributed by atoms with Gasteiger partial charge in [-0.2, -0.15) is 5.10 Å². The van der Waals surface area contributed by atoms with Crippen molar-refractivity contribution in [2.24, 2.45) is 7.05 Å². The van der Waals surface area contributed by atoms with E-state index in [9.17, 15) is 0 Å². The Morgan fingerprint density at radius 2 is 2.20 bits per heavy atom. The van der Waals surface area contributed by atoms with Crippen molar-refractivity contribution in [1.29, 1.82) is 0 Å². The molecule has 0 saturated heterocycles. The first kappa shape index (κ1) is 10.4. The third-order valence-corrected chi connectivity index (χ3v) is 2.81. The molecule has 0 saturated carbocycles. The molecule has 5 nitrogen and oxygen atoms in total. The fraction of sp³-hybridized carbons (Fsp3) is 0.250. The fourth-order valence-electron chi connectivity index (χ4n) is 1.03. The second-order valence-electron chi connectivity index (χ2n) is 2.84. The van der Waals surface area contributed by atoms with Crippen LogP contribution in [-0.4, -0.2) is 24.7 Å². The highest BCUT2D eigenvalue weighted by Crippen LogP contribution is 2.24. The van der Waals surface area contributed by atoms with Gasteiger partial charge in [0.2, 0.25) is 0 Å². The molecule has 0 fully saturated rings. The third kappa shape index (κ3) is 2.45. The van der Waals surface area contributed by atoms with E-state index in [4.69, 9.17) is 11.6 Å². The van der Waals surface area contributed by atoms with Gasteiger partial charge in [0.15, 0.2) is 5.16 Å². The molecule has 0 unspecified atom stereocenters. The molecule has 0 atom stereocenters. The summed E-state index contributed by atoms with van der Waals surface area (Å²) in [6, 6.07) is 1.70. The van der Waals surface area contributed by atoms with Gasteiger partial charge in [0.1, 0.15) is 22.3 Å². The van der Waals surface area contributed by atoms with Gasteiger partial charge in [-0.15, -0.1) is 0 Å². The fourth-order valence-corrected chi connectivity index (χ4v) is 2.13. The summed E-state index contributed by atoms with van der Waals surface area (Å²) in [5.41, 5.74) is 0. The van der Waals surface area contributed by atoms with Crippen LogP contribution in [0.3, 0.4) is 0 Å². The van der Waals surface area contributed by atoms with Crippen molar-refractivity contribution in [2.45, 2.75) is 17.1 Å². The van der Waals surface area contributed by atoms with Crippen LogP contribution in [0.1, 0.15) is 5.82 Å². The normalized spacial score (nSPS) is 10.6. The first-order valence-corrected chi connectivity index (χ1v) is 5.37. The smallest absolute Gasteiger partial charge is 0.192 e. The number of aryl methyl sites for hydroxylation is 2. The molecule has 0 aliphatic heterocycles. The summed E-state index contributed by atoms with van der Waals surface area (Å²) in [5, 5.41) is 5.94. The molecule has 2 rings (SSSR count). The minimum atomic E-state index is 0.437. The molecular weight excluding hydrogens is 234 g/mol. The average Bonchev–Trinajstić information content (AvgIpc) is 2.50. The maximum Gasteiger partial charge on any atom is 0.192 e. The van der Waals surface area contributed by atoms with Crippen LogP contribution in [-0.2, 0) is 7.05 Å². The minimum absolute atomic E-state index is 0.437. The van der Waals surface area contributed by atoms with E-state index in [-0.39, 0.29) is 0 Å². The van der Waals surface area contributed by atoms with Crippen molar-refractivity contribution in [3.05, 3.63) is 23.4 Å². The summed E-state index contributed by atoms with van der Waals surface area (Å²) in [6.07, 6.45) is 1.50. The molecule has 0 N–H and O–H groups in total. The Bertz CT molecular complexity index is 463. The summed E-state index contributed by atoms with van der Waals surface area (Å²) in [5.74, 6) is 0.646. The lowest BCUT2D eigenvalue weighted by Crippen LogP contribution is -1.95. The molecule has 0 aliphatic carbocycles. The van der Waals surface area contributed by atoms with E-state index in [1.165, 1.54) is 18.1 Å².